The summed E-state index contributed by atoms with van der Waals surface area (Å²) in [5, 5.41) is 3.46. The molecule has 5 heteroatoms. The van der Waals surface area contributed by atoms with Crippen LogP contribution >= 0.6 is 0 Å². The first-order valence-corrected chi connectivity index (χ1v) is 4.03. The number of azide groups is 1. The largest absolute Gasteiger partial charge is 0.493 e. The van der Waals surface area contributed by atoms with E-state index in [2.05, 4.69) is 10.0 Å². The van der Waals surface area contributed by atoms with Gasteiger partial charge in [-0.2, -0.15) is 0 Å². The molecule has 0 fully saturated rings. The van der Waals surface area contributed by atoms with Crippen LogP contribution in [-0.2, 0) is 6.54 Å². The standard InChI is InChI=1S/C9H11N3O2/c1-13-8-4-3-7(6-11-12-10)5-9(8)14-2/h3-5H,6H2,1-2H3. The van der Waals surface area contributed by atoms with Gasteiger partial charge in [0.25, 0.3) is 0 Å². The molecule has 0 heterocycles. The van der Waals surface area contributed by atoms with Crippen LogP contribution in [0.3, 0.4) is 0 Å². The summed E-state index contributed by atoms with van der Waals surface area (Å²) in [5.74, 6) is 1.30. The zero-order valence-corrected chi connectivity index (χ0v) is 8.10. The molecular weight excluding hydrogens is 182 g/mol. The lowest BCUT2D eigenvalue weighted by Crippen LogP contribution is -1.91. The van der Waals surface area contributed by atoms with Crippen LogP contribution in [-0.4, -0.2) is 14.2 Å². The molecule has 0 amide bonds. The lowest BCUT2D eigenvalue weighted by Gasteiger charge is -2.07. The van der Waals surface area contributed by atoms with Gasteiger partial charge in [-0.15, -0.1) is 0 Å². The summed E-state index contributed by atoms with van der Waals surface area (Å²) >= 11 is 0. The Morgan fingerprint density at radius 3 is 2.57 bits per heavy atom. The van der Waals surface area contributed by atoms with Crippen LogP contribution in [0.15, 0.2) is 23.3 Å². The van der Waals surface area contributed by atoms with E-state index in [4.69, 9.17) is 15.0 Å². The quantitative estimate of drug-likeness (QED) is 0.419. The van der Waals surface area contributed by atoms with Gasteiger partial charge in [0, 0.05) is 4.91 Å². The maximum Gasteiger partial charge on any atom is 0.160 e. The third-order valence-electron chi connectivity index (χ3n) is 1.76. The number of methoxy groups -OCH3 is 2. The number of rotatable bonds is 4. The molecule has 1 rings (SSSR count). The molecule has 0 N–H and O–H groups in total. The maximum atomic E-state index is 8.16. The summed E-state index contributed by atoms with van der Waals surface area (Å²) in [6.45, 7) is 0.316. The Morgan fingerprint density at radius 1 is 1.29 bits per heavy atom. The Kier molecular flexibility index (Phi) is 3.64. The van der Waals surface area contributed by atoms with Crippen LogP contribution in [0.2, 0.25) is 0 Å². The van der Waals surface area contributed by atoms with Gasteiger partial charge < -0.3 is 9.47 Å². The fourth-order valence-electron chi connectivity index (χ4n) is 1.09. The van der Waals surface area contributed by atoms with Crippen LogP contribution in [0.5, 0.6) is 11.5 Å². The minimum atomic E-state index is 0.316. The van der Waals surface area contributed by atoms with Gasteiger partial charge in [-0.05, 0) is 23.2 Å². The van der Waals surface area contributed by atoms with E-state index in [1.807, 2.05) is 6.07 Å². The van der Waals surface area contributed by atoms with Crippen molar-refractivity contribution in [2.45, 2.75) is 6.54 Å². The SMILES string of the molecule is COc1ccc(CN=[N+]=[N-])cc1OC. The maximum absolute atomic E-state index is 8.16. The zero-order chi connectivity index (χ0) is 10.4. The minimum absolute atomic E-state index is 0.316. The smallest absolute Gasteiger partial charge is 0.160 e. The van der Waals surface area contributed by atoms with Crippen molar-refractivity contribution < 1.29 is 9.47 Å². The van der Waals surface area contributed by atoms with Gasteiger partial charge in [0.2, 0.25) is 0 Å². The van der Waals surface area contributed by atoms with Crippen molar-refractivity contribution in [1.29, 1.82) is 0 Å². The van der Waals surface area contributed by atoms with E-state index < -0.39 is 0 Å². The van der Waals surface area contributed by atoms with Gasteiger partial charge in [0.15, 0.2) is 11.5 Å². The van der Waals surface area contributed by atoms with Gasteiger partial charge in [-0.1, -0.05) is 11.2 Å². The molecule has 1 aromatic carbocycles. The Morgan fingerprint density at radius 2 is 2.00 bits per heavy atom. The minimum Gasteiger partial charge on any atom is -0.493 e. The molecule has 0 radical (unpaired) electrons. The Labute approximate surface area is 81.9 Å². The number of hydrogen-bond acceptors (Lipinski definition) is 3. The van der Waals surface area contributed by atoms with Crippen molar-refractivity contribution in [2.24, 2.45) is 5.11 Å². The lowest BCUT2D eigenvalue weighted by molar-refractivity contribution is 0.354. The number of ether oxygens (including phenoxy) is 2. The van der Waals surface area contributed by atoms with Crippen LogP contribution in [0.1, 0.15) is 5.56 Å². The van der Waals surface area contributed by atoms with Crippen LogP contribution in [0.25, 0.3) is 10.4 Å². The predicted molar refractivity (Wildman–Crippen MR) is 52.4 cm³/mol. The van der Waals surface area contributed by atoms with Gasteiger partial charge in [-0.25, -0.2) is 0 Å². The molecule has 0 aliphatic rings. The molecule has 0 spiro atoms. The van der Waals surface area contributed by atoms with Gasteiger partial charge in [0.1, 0.15) is 0 Å². The Bertz CT molecular complexity index is 359. The van der Waals surface area contributed by atoms with Gasteiger partial charge >= 0.3 is 0 Å². The van der Waals surface area contributed by atoms with E-state index >= 15 is 0 Å². The van der Waals surface area contributed by atoms with Crippen molar-refractivity contribution in [1.82, 2.24) is 0 Å². The lowest BCUT2D eigenvalue weighted by atomic mass is 10.2. The van der Waals surface area contributed by atoms with Gasteiger partial charge in [0.05, 0.1) is 20.8 Å². The molecule has 0 saturated carbocycles. The van der Waals surface area contributed by atoms with Crippen LogP contribution < -0.4 is 9.47 Å². The van der Waals surface area contributed by atoms with E-state index in [0.29, 0.717) is 18.0 Å². The van der Waals surface area contributed by atoms with Crippen molar-refractivity contribution in [3.8, 4) is 11.5 Å². The summed E-state index contributed by atoms with van der Waals surface area (Å²) in [6, 6.07) is 5.39. The highest BCUT2D eigenvalue weighted by Gasteiger charge is 2.03. The molecule has 0 aliphatic carbocycles. The molecule has 74 valence electrons. The Balaban J connectivity index is 2.94. The first-order valence-electron chi connectivity index (χ1n) is 4.03. The molecule has 1 aromatic rings. The summed E-state index contributed by atoms with van der Waals surface area (Å²) in [7, 11) is 3.14. The fourth-order valence-corrected chi connectivity index (χ4v) is 1.09. The van der Waals surface area contributed by atoms with Crippen LogP contribution in [0.4, 0.5) is 0 Å². The highest BCUT2D eigenvalue weighted by Crippen LogP contribution is 2.27. The molecule has 14 heavy (non-hydrogen) atoms. The second kappa shape index (κ2) is 4.99. The zero-order valence-electron chi connectivity index (χ0n) is 8.10. The third-order valence-corrected chi connectivity index (χ3v) is 1.76. The van der Waals surface area contributed by atoms with Crippen molar-refractivity contribution in [2.75, 3.05) is 14.2 Å². The molecule has 5 nitrogen and oxygen atoms in total. The van der Waals surface area contributed by atoms with Gasteiger partial charge in [-0.3, -0.25) is 0 Å². The average molecular weight is 193 g/mol. The second-order valence-corrected chi connectivity index (χ2v) is 2.58. The average Bonchev–Trinajstić information content (AvgIpc) is 2.25. The van der Waals surface area contributed by atoms with Crippen molar-refractivity contribution >= 4 is 0 Å². The van der Waals surface area contributed by atoms with E-state index in [9.17, 15) is 0 Å². The second-order valence-electron chi connectivity index (χ2n) is 2.58. The molecule has 0 aromatic heterocycles. The summed E-state index contributed by atoms with van der Waals surface area (Å²) in [5.41, 5.74) is 9.05. The van der Waals surface area contributed by atoms with Crippen molar-refractivity contribution in [3.63, 3.8) is 0 Å². The topological polar surface area (TPSA) is 67.2 Å². The molecule has 0 saturated heterocycles. The first-order chi connectivity index (χ1) is 6.81. The highest BCUT2D eigenvalue weighted by molar-refractivity contribution is 5.42. The number of nitrogens with zero attached hydrogens (tertiary/aromatic N) is 3. The molecule has 0 bridgehead atoms. The van der Waals surface area contributed by atoms with Crippen molar-refractivity contribution in [3.05, 3.63) is 34.2 Å². The van der Waals surface area contributed by atoms with E-state index in [-0.39, 0.29) is 0 Å². The molecule has 0 aliphatic heterocycles. The molecule has 0 unspecified atom stereocenters. The summed E-state index contributed by atoms with van der Waals surface area (Å²) in [6.07, 6.45) is 0. The number of benzene rings is 1. The summed E-state index contributed by atoms with van der Waals surface area (Å²) < 4.78 is 10.2. The van der Waals surface area contributed by atoms with E-state index in [1.165, 1.54) is 0 Å². The summed E-state index contributed by atoms with van der Waals surface area (Å²) in [4.78, 5) is 2.68. The van der Waals surface area contributed by atoms with Crippen LogP contribution in [0, 0.1) is 0 Å². The highest BCUT2D eigenvalue weighted by atomic mass is 16.5. The van der Waals surface area contributed by atoms with E-state index in [0.717, 1.165) is 5.56 Å². The molecular formula is C9H11N3O2. The third kappa shape index (κ3) is 2.31. The molecule has 0 atom stereocenters. The predicted octanol–water partition coefficient (Wildman–Crippen LogP) is 2.51. The fraction of sp³-hybridized carbons (Fsp3) is 0.333. The monoisotopic (exact) mass is 193 g/mol. The first kappa shape index (κ1) is 10.2. The van der Waals surface area contributed by atoms with E-state index in [1.54, 1.807) is 26.4 Å². The normalized spacial score (nSPS) is 9.00. The Hall–Kier alpha value is -1.87. The number of hydrogen-bond donors (Lipinski definition) is 0.